The minimum atomic E-state index is -0.373. The number of carbonyl (C=O) groups is 1. The van der Waals surface area contributed by atoms with Crippen molar-refractivity contribution in [2.24, 2.45) is 11.8 Å². The molecule has 3 atom stereocenters. The minimum Gasteiger partial charge on any atom is -0.488 e. The Balaban J connectivity index is 0.927. The smallest absolute Gasteiger partial charge is 0.270 e. The number of piperidine rings is 2. The number of anilines is 1. The van der Waals surface area contributed by atoms with E-state index in [1.807, 2.05) is 59.5 Å². The Morgan fingerprint density at radius 3 is 2.66 bits per heavy atom. The van der Waals surface area contributed by atoms with E-state index < -0.39 is 0 Å². The lowest BCUT2D eigenvalue weighted by atomic mass is 9.67. The third-order valence-electron chi connectivity index (χ3n) is 10.6. The fourth-order valence-corrected chi connectivity index (χ4v) is 7.85. The van der Waals surface area contributed by atoms with Gasteiger partial charge in [-0.25, -0.2) is 0 Å². The van der Waals surface area contributed by atoms with Crippen LogP contribution in [-0.4, -0.2) is 71.2 Å². The molecule has 7 nitrogen and oxygen atoms in total. The number of benzene rings is 3. The van der Waals surface area contributed by atoms with E-state index in [-0.39, 0.29) is 23.3 Å². The number of ether oxygens (including phenoxy) is 1. The van der Waals surface area contributed by atoms with Crippen LogP contribution in [0.2, 0.25) is 0 Å². The minimum absolute atomic E-state index is 0.0129. The van der Waals surface area contributed by atoms with E-state index in [4.69, 9.17) is 4.74 Å². The number of nitrogens with one attached hydrogen (secondary N) is 2. The molecule has 3 aliphatic heterocycles. The van der Waals surface area contributed by atoms with E-state index in [0.717, 1.165) is 61.1 Å². The van der Waals surface area contributed by atoms with Gasteiger partial charge in [0.2, 0.25) is 0 Å². The summed E-state index contributed by atoms with van der Waals surface area (Å²) in [5.74, 6) is 1.51. The van der Waals surface area contributed by atoms with Crippen LogP contribution in [-0.2, 0) is 12.0 Å². The van der Waals surface area contributed by atoms with Crippen molar-refractivity contribution in [3.8, 4) is 5.75 Å². The van der Waals surface area contributed by atoms with Crippen LogP contribution in [0.25, 0.3) is 10.9 Å². The van der Waals surface area contributed by atoms with Crippen LogP contribution in [0.5, 0.6) is 5.75 Å². The highest BCUT2D eigenvalue weighted by Gasteiger charge is 2.46. The van der Waals surface area contributed by atoms with E-state index >= 15 is 0 Å². The number of carbonyl (C=O) groups excluding carboxylic acids is 1. The number of aromatic nitrogens is 1. The molecule has 7 heteroatoms. The zero-order valence-electron chi connectivity index (χ0n) is 25.9. The second kappa shape index (κ2) is 11.9. The molecule has 3 aliphatic rings. The summed E-state index contributed by atoms with van der Waals surface area (Å²) < 4.78 is 6.12. The van der Waals surface area contributed by atoms with E-state index in [2.05, 4.69) is 47.2 Å². The normalized spacial score (nSPS) is 23.1. The summed E-state index contributed by atoms with van der Waals surface area (Å²) in [5.41, 5.74) is 6.85. The average Bonchev–Trinajstić information content (AvgIpc) is 3.65. The van der Waals surface area contributed by atoms with Crippen LogP contribution < -0.4 is 10.1 Å². The van der Waals surface area contributed by atoms with Crippen molar-refractivity contribution in [2.45, 2.75) is 51.2 Å². The second-order valence-corrected chi connectivity index (χ2v) is 13.3. The number of aliphatic hydroxyl groups excluding tert-OH is 1. The fraction of sp³-hybridized carbons (Fsp3) is 0.432. The number of aromatic amines is 1. The predicted octanol–water partition coefficient (Wildman–Crippen LogP) is 5.97. The standard InChI is InChI=1S/C37H44N4O3/c1-25-11-12-30-32(19-25)38-24-37(30)15-18-40(21-26(37)2)22-34(42)28-13-16-41(17-14-28)36(43)33-20-29-31(39-33)9-6-10-35(29)44-23-27-7-4-3-5-8-27/h3-12,19-20,26,28,34,38-39,42H,13-18,21-24H2,1-2H3. The van der Waals surface area contributed by atoms with Crippen LogP contribution >= 0.6 is 0 Å². The summed E-state index contributed by atoms with van der Waals surface area (Å²) in [6, 6.07) is 24.7. The van der Waals surface area contributed by atoms with Crippen LogP contribution in [0.1, 0.15) is 53.4 Å². The zero-order chi connectivity index (χ0) is 30.3. The molecule has 230 valence electrons. The molecule has 2 fully saturated rings. The number of nitrogens with zero attached hydrogens (tertiary/aromatic N) is 2. The van der Waals surface area contributed by atoms with Gasteiger partial charge in [-0.05, 0) is 85.5 Å². The molecular formula is C37H44N4O3. The van der Waals surface area contributed by atoms with Crippen LogP contribution in [0.15, 0.2) is 72.8 Å². The number of aryl methyl sites for hydroxylation is 1. The molecule has 1 amide bonds. The molecule has 2 saturated heterocycles. The predicted molar refractivity (Wildman–Crippen MR) is 175 cm³/mol. The van der Waals surface area contributed by atoms with Gasteiger partial charge in [0.25, 0.3) is 5.91 Å². The zero-order valence-corrected chi connectivity index (χ0v) is 25.9. The number of amides is 1. The van der Waals surface area contributed by atoms with Crippen molar-refractivity contribution in [3.05, 3.63) is 95.2 Å². The van der Waals surface area contributed by atoms with E-state index in [1.165, 1.54) is 16.8 Å². The molecule has 4 heterocycles. The summed E-state index contributed by atoms with van der Waals surface area (Å²) in [6.07, 6.45) is 2.38. The van der Waals surface area contributed by atoms with E-state index in [9.17, 15) is 9.90 Å². The SMILES string of the molecule is Cc1ccc2c(c1)NCC21CCN(CC(O)C2CCN(C(=O)c3cc4c(OCc5ccccc5)cccc4[nH]3)CC2)CC1C. The summed E-state index contributed by atoms with van der Waals surface area (Å²) in [7, 11) is 0. The Morgan fingerprint density at radius 2 is 1.86 bits per heavy atom. The Kier molecular flexibility index (Phi) is 7.85. The van der Waals surface area contributed by atoms with Gasteiger partial charge in [0.1, 0.15) is 18.1 Å². The number of H-pyrrole nitrogens is 1. The van der Waals surface area contributed by atoms with Gasteiger partial charge in [-0.3, -0.25) is 4.79 Å². The van der Waals surface area contributed by atoms with Crippen LogP contribution in [0, 0.1) is 18.8 Å². The average molecular weight is 593 g/mol. The van der Waals surface area contributed by atoms with Crippen molar-refractivity contribution >= 4 is 22.5 Å². The first kappa shape index (κ1) is 28.9. The topological polar surface area (TPSA) is 80.8 Å². The Bertz CT molecular complexity index is 1630. The molecule has 3 aromatic carbocycles. The summed E-state index contributed by atoms with van der Waals surface area (Å²) in [6.45, 7) is 10.1. The lowest BCUT2D eigenvalue weighted by molar-refractivity contribution is 0.0110. The van der Waals surface area contributed by atoms with Gasteiger partial charge in [0, 0.05) is 54.7 Å². The molecule has 3 N–H and O–H groups in total. The molecule has 1 aromatic heterocycles. The second-order valence-electron chi connectivity index (χ2n) is 13.3. The fourth-order valence-electron chi connectivity index (χ4n) is 7.85. The first-order chi connectivity index (χ1) is 21.4. The highest BCUT2D eigenvalue weighted by atomic mass is 16.5. The lowest BCUT2D eigenvalue weighted by Crippen LogP contribution is -2.52. The van der Waals surface area contributed by atoms with Crippen LogP contribution in [0.4, 0.5) is 5.69 Å². The van der Waals surface area contributed by atoms with Gasteiger partial charge in [0.15, 0.2) is 0 Å². The summed E-state index contributed by atoms with van der Waals surface area (Å²) in [5, 5.41) is 15.9. The number of likely N-dealkylation sites (tertiary alicyclic amines) is 2. The molecule has 7 rings (SSSR count). The molecule has 3 unspecified atom stereocenters. The van der Waals surface area contributed by atoms with E-state index in [1.54, 1.807) is 0 Å². The number of hydrogen-bond donors (Lipinski definition) is 3. The third kappa shape index (κ3) is 5.48. The molecule has 44 heavy (non-hydrogen) atoms. The Hall–Kier alpha value is -3.81. The Labute approximate surface area is 260 Å². The van der Waals surface area contributed by atoms with Gasteiger partial charge in [-0.2, -0.15) is 0 Å². The summed E-state index contributed by atoms with van der Waals surface area (Å²) >= 11 is 0. The number of hydrogen-bond acceptors (Lipinski definition) is 5. The monoisotopic (exact) mass is 592 g/mol. The maximum atomic E-state index is 13.5. The molecule has 0 saturated carbocycles. The van der Waals surface area contributed by atoms with Gasteiger partial charge >= 0.3 is 0 Å². The third-order valence-corrected chi connectivity index (χ3v) is 10.6. The largest absolute Gasteiger partial charge is 0.488 e. The van der Waals surface area contributed by atoms with Gasteiger partial charge < -0.3 is 29.9 Å². The van der Waals surface area contributed by atoms with Gasteiger partial charge in [-0.1, -0.05) is 55.5 Å². The highest BCUT2D eigenvalue weighted by Crippen LogP contribution is 2.47. The molecule has 0 aliphatic carbocycles. The molecule has 0 radical (unpaired) electrons. The van der Waals surface area contributed by atoms with Gasteiger partial charge in [-0.15, -0.1) is 0 Å². The first-order valence-corrected chi connectivity index (χ1v) is 16.2. The van der Waals surface area contributed by atoms with Crippen molar-refractivity contribution in [1.82, 2.24) is 14.8 Å². The quantitative estimate of drug-likeness (QED) is 0.246. The van der Waals surface area contributed by atoms with Crippen molar-refractivity contribution in [1.29, 1.82) is 0 Å². The number of aliphatic hydroxyl groups is 1. The Morgan fingerprint density at radius 1 is 1.05 bits per heavy atom. The molecule has 1 spiro atoms. The molecule has 0 bridgehead atoms. The number of β-amino-alcohol motifs (C(OH)–C–C–N with tert-alkyl or cyclic N) is 1. The summed E-state index contributed by atoms with van der Waals surface area (Å²) in [4.78, 5) is 21.2. The van der Waals surface area contributed by atoms with Gasteiger partial charge in [0.05, 0.1) is 6.10 Å². The van der Waals surface area contributed by atoms with E-state index in [0.29, 0.717) is 37.9 Å². The van der Waals surface area contributed by atoms with Crippen molar-refractivity contribution < 1.29 is 14.6 Å². The maximum Gasteiger partial charge on any atom is 0.270 e. The van der Waals surface area contributed by atoms with Crippen molar-refractivity contribution in [3.63, 3.8) is 0 Å². The van der Waals surface area contributed by atoms with Crippen molar-refractivity contribution in [2.75, 3.05) is 44.6 Å². The molecule has 4 aromatic rings. The maximum absolute atomic E-state index is 13.5. The molecular weight excluding hydrogens is 548 g/mol. The number of fused-ring (bicyclic) bond motifs is 3. The lowest BCUT2D eigenvalue weighted by Gasteiger charge is -2.46. The first-order valence-electron chi connectivity index (χ1n) is 16.2. The highest BCUT2D eigenvalue weighted by molar-refractivity contribution is 5.99. The number of rotatable bonds is 7. The van der Waals surface area contributed by atoms with Crippen LogP contribution in [0.3, 0.4) is 0 Å².